The Morgan fingerprint density at radius 3 is 2.95 bits per heavy atom. The normalized spacial score (nSPS) is 29.5. The van der Waals surface area contributed by atoms with Crippen molar-refractivity contribution in [1.82, 2.24) is 10.2 Å². The summed E-state index contributed by atoms with van der Waals surface area (Å²) < 4.78 is 5.47. The highest BCUT2D eigenvalue weighted by atomic mass is 32.1. The minimum atomic E-state index is -0.0234. The molecular weight excluding hydrogens is 284 g/mol. The predicted molar refractivity (Wildman–Crippen MR) is 84.3 cm³/mol. The zero-order valence-electron chi connectivity index (χ0n) is 12.8. The number of amides is 1. The van der Waals surface area contributed by atoms with E-state index in [2.05, 4.69) is 31.3 Å². The van der Waals surface area contributed by atoms with Gasteiger partial charge in [0.1, 0.15) is 6.17 Å². The van der Waals surface area contributed by atoms with Gasteiger partial charge < -0.3 is 9.64 Å². The van der Waals surface area contributed by atoms with Gasteiger partial charge in [-0.2, -0.15) is 0 Å². The number of thiophene rings is 1. The molecule has 0 aliphatic carbocycles. The van der Waals surface area contributed by atoms with E-state index in [9.17, 15) is 4.79 Å². The van der Waals surface area contributed by atoms with Crippen molar-refractivity contribution < 1.29 is 9.53 Å². The maximum Gasteiger partial charge on any atom is 0.241 e. The quantitative estimate of drug-likeness (QED) is 0.909. The molecule has 3 heterocycles. The first-order valence-corrected chi connectivity index (χ1v) is 8.71. The Kier molecular flexibility index (Phi) is 4.62. The average Bonchev–Trinajstić information content (AvgIpc) is 3.17. The topological polar surface area (TPSA) is 41.6 Å². The van der Waals surface area contributed by atoms with Crippen molar-refractivity contribution in [3.8, 4) is 0 Å². The van der Waals surface area contributed by atoms with Gasteiger partial charge in [-0.15, -0.1) is 11.3 Å². The van der Waals surface area contributed by atoms with Crippen LogP contribution < -0.4 is 5.32 Å². The van der Waals surface area contributed by atoms with Crippen molar-refractivity contribution in [2.45, 2.75) is 45.3 Å². The molecule has 5 heteroatoms. The molecule has 2 aliphatic heterocycles. The van der Waals surface area contributed by atoms with Gasteiger partial charge in [0.25, 0.3) is 0 Å². The molecule has 2 saturated heterocycles. The molecule has 4 nitrogen and oxygen atoms in total. The molecule has 0 bridgehead atoms. The van der Waals surface area contributed by atoms with Gasteiger partial charge in [0.15, 0.2) is 0 Å². The Morgan fingerprint density at radius 1 is 1.48 bits per heavy atom. The standard InChI is InChI=1S/C16H24N2O2S/c1-3-4-13-16(19)18(9-12-7-8-20-10-12)15(17-13)14-6-5-11(2)21-14/h5-6,12-13,15,17H,3-4,7-10H2,1-2H3. The largest absolute Gasteiger partial charge is 0.381 e. The van der Waals surface area contributed by atoms with Crippen LogP contribution in [0.2, 0.25) is 0 Å². The second-order valence-corrected chi connectivity index (χ2v) is 7.40. The van der Waals surface area contributed by atoms with Crippen LogP contribution in [-0.2, 0) is 9.53 Å². The van der Waals surface area contributed by atoms with Crippen LogP contribution in [-0.4, -0.2) is 36.6 Å². The van der Waals surface area contributed by atoms with Crippen LogP contribution in [0, 0.1) is 12.8 Å². The molecule has 1 aromatic heterocycles. The third kappa shape index (κ3) is 3.15. The molecule has 3 atom stereocenters. The lowest BCUT2D eigenvalue weighted by molar-refractivity contribution is -0.130. The molecule has 0 radical (unpaired) electrons. The van der Waals surface area contributed by atoms with Crippen molar-refractivity contribution >= 4 is 17.2 Å². The molecule has 1 aromatic rings. The van der Waals surface area contributed by atoms with E-state index in [-0.39, 0.29) is 18.1 Å². The third-order valence-corrected chi connectivity index (χ3v) is 5.39. The number of nitrogens with zero attached hydrogens (tertiary/aromatic N) is 1. The second-order valence-electron chi connectivity index (χ2n) is 6.08. The molecule has 0 aromatic carbocycles. The van der Waals surface area contributed by atoms with Gasteiger partial charge in [0.05, 0.1) is 12.6 Å². The lowest BCUT2D eigenvalue weighted by atomic mass is 10.1. The fourth-order valence-electron chi connectivity index (χ4n) is 3.21. The summed E-state index contributed by atoms with van der Waals surface area (Å²) in [5.74, 6) is 0.750. The first kappa shape index (κ1) is 15.0. The van der Waals surface area contributed by atoms with E-state index in [0.717, 1.165) is 39.0 Å². The summed E-state index contributed by atoms with van der Waals surface area (Å²) in [5, 5.41) is 3.54. The Labute approximate surface area is 130 Å². The van der Waals surface area contributed by atoms with Crippen LogP contribution in [0.25, 0.3) is 0 Å². The summed E-state index contributed by atoms with van der Waals surface area (Å²) in [5.41, 5.74) is 0. The smallest absolute Gasteiger partial charge is 0.241 e. The fourth-order valence-corrected chi connectivity index (χ4v) is 4.16. The predicted octanol–water partition coefficient (Wildman–Crippen LogP) is 2.69. The maximum absolute atomic E-state index is 12.7. The van der Waals surface area contributed by atoms with E-state index in [1.54, 1.807) is 11.3 Å². The van der Waals surface area contributed by atoms with E-state index in [4.69, 9.17) is 4.74 Å². The van der Waals surface area contributed by atoms with E-state index in [1.807, 2.05) is 4.90 Å². The molecule has 116 valence electrons. The van der Waals surface area contributed by atoms with Gasteiger partial charge in [-0.3, -0.25) is 10.1 Å². The molecule has 3 unspecified atom stereocenters. The molecule has 1 N–H and O–H groups in total. The van der Waals surface area contributed by atoms with Crippen LogP contribution in [0.5, 0.6) is 0 Å². The Morgan fingerprint density at radius 2 is 2.33 bits per heavy atom. The molecule has 1 amide bonds. The third-order valence-electron chi connectivity index (χ3n) is 4.34. The van der Waals surface area contributed by atoms with Crippen molar-refractivity contribution in [3.63, 3.8) is 0 Å². The number of carbonyl (C=O) groups is 1. The van der Waals surface area contributed by atoms with Gasteiger partial charge in [-0.05, 0) is 31.9 Å². The highest BCUT2D eigenvalue weighted by Gasteiger charge is 2.40. The van der Waals surface area contributed by atoms with Crippen molar-refractivity contribution in [1.29, 1.82) is 0 Å². The Bertz CT molecular complexity index is 496. The van der Waals surface area contributed by atoms with Crippen molar-refractivity contribution in [2.24, 2.45) is 5.92 Å². The van der Waals surface area contributed by atoms with E-state index in [1.165, 1.54) is 9.75 Å². The first-order valence-electron chi connectivity index (χ1n) is 7.89. The van der Waals surface area contributed by atoms with Gasteiger partial charge in [-0.1, -0.05) is 13.3 Å². The molecule has 3 rings (SSSR count). The lowest BCUT2D eigenvalue weighted by Crippen LogP contribution is -2.35. The zero-order valence-corrected chi connectivity index (χ0v) is 13.6. The van der Waals surface area contributed by atoms with Crippen LogP contribution in [0.3, 0.4) is 0 Å². The van der Waals surface area contributed by atoms with Gasteiger partial charge in [-0.25, -0.2) is 0 Å². The number of ether oxygens (including phenoxy) is 1. The summed E-state index contributed by atoms with van der Waals surface area (Å²) >= 11 is 1.78. The number of hydrogen-bond donors (Lipinski definition) is 1. The number of aryl methyl sites for hydroxylation is 1. The van der Waals surface area contributed by atoms with E-state index in [0.29, 0.717) is 5.92 Å². The summed E-state index contributed by atoms with van der Waals surface area (Å²) in [6.45, 7) is 6.68. The number of rotatable bonds is 5. The number of hydrogen-bond acceptors (Lipinski definition) is 4. The summed E-state index contributed by atoms with van der Waals surface area (Å²) in [6, 6.07) is 4.26. The Balaban J connectivity index is 1.78. The molecule has 21 heavy (non-hydrogen) atoms. The molecule has 2 fully saturated rings. The lowest BCUT2D eigenvalue weighted by Gasteiger charge is -2.25. The van der Waals surface area contributed by atoms with Gasteiger partial charge in [0.2, 0.25) is 5.91 Å². The van der Waals surface area contributed by atoms with Crippen LogP contribution >= 0.6 is 11.3 Å². The van der Waals surface area contributed by atoms with Crippen LogP contribution in [0.1, 0.15) is 42.1 Å². The number of nitrogens with one attached hydrogen (secondary N) is 1. The summed E-state index contributed by atoms with van der Waals surface area (Å²) in [7, 11) is 0. The van der Waals surface area contributed by atoms with Gasteiger partial charge in [0, 0.05) is 28.8 Å². The van der Waals surface area contributed by atoms with Gasteiger partial charge >= 0.3 is 0 Å². The highest BCUT2D eigenvalue weighted by Crippen LogP contribution is 2.32. The molecule has 0 saturated carbocycles. The maximum atomic E-state index is 12.7. The average molecular weight is 308 g/mol. The van der Waals surface area contributed by atoms with Crippen molar-refractivity contribution in [3.05, 3.63) is 21.9 Å². The van der Waals surface area contributed by atoms with E-state index < -0.39 is 0 Å². The minimum absolute atomic E-state index is 0.0234. The number of carbonyl (C=O) groups excluding carboxylic acids is 1. The highest BCUT2D eigenvalue weighted by molar-refractivity contribution is 7.12. The summed E-state index contributed by atoms with van der Waals surface area (Å²) in [4.78, 5) is 17.3. The minimum Gasteiger partial charge on any atom is -0.381 e. The van der Waals surface area contributed by atoms with Crippen LogP contribution in [0.4, 0.5) is 0 Å². The zero-order chi connectivity index (χ0) is 14.8. The molecule has 0 spiro atoms. The van der Waals surface area contributed by atoms with Crippen molar-refractivity contribution in [2.75, 3.05) is 19.8 Å². The molecule has 2 aliphatic rings. The SMILES string of the molecule is CCCC1NC(c2ccc(C)s2)N(CC2CCOC2)C1=O. The second kappa shape index (κ2) is 6.46. The van der Waals surface area contributed by atoms with E-state index >= 15 is 0 Å². The Hall–Kier alpha value is -0.910. The monoisotopic (exact) mass is 308 g/mol. The summed E-state index contributed by atoms with van der Waals surface area (Å²) in [6.07, 6.45) is 3.06. The van der Waals surface area contributed by atoms with Crippen LogP contribution in [0.15, 0.2) is 12.1 Å². The fraction of sp³-hybridized carbons (Fsp3) is 0.688. The molecular formula is C16H24N2O2S. The first-order chi connectivity index (χ1) is 10.2.